The first kappa shape index (κ1) is 14.9. The van der Waals surface area contributed by atoms with E-state index in [-0.39, 0.29) is 5.69 Å². The molecule has 21 heavy (non-hydrogen) atoms. The van der Waals surface area contributed by atoms with Crippen LogP contribution in [0.4, 0.5) is 11.5 Å². The quantitative estimate of drug-likeness (QED) is 0.628. The normalized spacial score (nSPS) is 10.4. The number of rotatable bonds is 6. The maximum atomic E-state index is 10.9. The third kappa shape index (κ3) is 4.00. The van der Waals surface area contributed by atoms with Gasteiger partial charge in [-0.15, -0.1) is 0 Å². The molecule has 6 heteroatoms. The maximum absolute atomic E-state index is 10.9. The first-order valence-electron chi connectivity index (χ1n) is 6.73. The number of nitrogens with two attached hydrogens (primary N) is 1. The van der Waals surface area contributed by atoms with E-state index in [1.54, 1.807) is 6.92 Å². The van der Waals surface area contributed by atoms with Gasteiger partial charge in [0, 0.05) is 18.3 Å². The number of hydrogen-bond acceptors (Lipinski definition) is 5. The van der Waals surface area contributed by atoms with Gasteiger partial charge in [-0.25, -0.2) is 4.98 Å². The Morgan fingerprint density at radius 1 is 1.29 bits per heavy atom. The van der Waals surface area contributed by atoms with Crippen molar-refractivity contribution >= 4 is 11.5 Å². The van der Waals surface area contributed by atoms with Crippen LogP contribution in [0.2, 0.25) is 0 Å². The first-order valence-corrected chi connectivity index (χ1v) is 6.73. The highest BCUT2D eigenvalue weighted by Gasteiger charge is 2.11. The fraction of sp³-hybridized carbons (Fsp3) is 0.267. The van der Waals surface area contributed by atoms with Gasteiger partial charge in [0.25, 0.3) is 5.69 Å². The second-order valence-electron chi connectivity index (χ2n) is 4.82. The molecule has 0 fully saturated rings. The van der Waals surface area contributed by atoms with Gasteiger partial charge in [-0.3, -0.25) is 10.1 Å². The van der Waals surface area contributed by atoms with Crippen LogP contribution in [0, 0.1) is 17.0 Å². The summed E-state index contributed by atoms with van der Waals surface area (Å²) < 4.78 is 0. The van der Waals surface area contributed by atoms with Crippen LogP contribution in [-0.4, -0.2) is 16.5 Å². The molecule has 0 saturated carbocycles. The minimum Gasteiger partial charge on any atom is -0.366 e. The lowest BCUT2D eigenvalue weighted by molar-refractivity contribution is -0.385. The summed E-state index contributed by atoms with van der Waals surface area (Å²) in [6, 6.07) is 9.56. The molecule has 1 heterocycles. The molecule has 2 aromatic rings. The van der Waals surface area contributed by atoms with Crippen LogP contribution in [0.5, 0.6) is 0 Å². The highest BCUT2D eigenvalue weighted by molar-refractivity contribution is 5.49. The molecule has 3 N–H and O–H groups in total. The van der Waals surface area contributed by atoms with E-state index >= 15 is 0 Å². The predicted molar refractivity (Wildman–Crippen MR) is 82.2 cm³/mol. The molecule has 0 aliphatic carbocycles. The minimum atomic E-state index is -0.399. The van der Waals surface area contributed by atoms with Crippen LogP contribution in [0.1, 0.15) is 16.7 Å². The summed E-state index contributed by atoms with van der Waals surface area (Å²) in [4.78, 5) is 14.6. The van der Waals surface area contributed by atoms with E-state index in [1.165, 1.54) is 17.8 Å². The second kappa shape index (κ2) is 6.81. The molecule has 0 saturated heterocycles. The zero-order valence-electron chi connectivity index (χ0n) is 11.9. The molecular weight excluding hydrogens is 268 g/mol. The van der Waals surface area contributed by atoms with Crippen LogP contribution in [0.3, 0.4) is 0 Å². The van der Waals surface area contributed by atoms with E-state index < -0.39 is 4.92 Å². The monoisotopic (exact) mass is 286 g/mol. The van der Waals surface area contributed by atoms with E-state index in [2.05, 4.69) is 10.3 Å². The lowest BCUT2D eigenvalue weighted by Gasteiger charge is -2.07. The molecule has 6 nitrogen and oxygen atoms in total. The Balaban J connectivity index is 2.02. The smallest absolute Gasteiger partial charge is 0.277 e. The number of nitrogens with one attached hydrogen (secondary N) is 1. The zero-order chi connectivity index (χ0) is 15.2. The fourth-order valence-electron chi connectivity index (χ4n) is 1.99. The standard InChI is InChI=1S/C15H18N4O2/c1-11-9-17-15(8-14(11)19(20)21)18-10-13-4-2-12(3-5-13)6-7-16/h2-5,8-9H,6-7,10,16H2,1H3,(H,17,18). The average molecular weight is 286 g/mol. The van der Waals surface area contributed by atoms with Crippen LogP contribution >= 0.6 is 0 Å². The van der Waals surface area contributed by atoms with Gasteiger partial charge in [-0.1, -0.05) is 24.3 Å². The number of benzene rings is 1. The number of anilines is 1. The largest absolute Gasteiger partial charge is 0.366 e. The van der Waals surface area contributed by atoms with Crippen molar-refractivity contribution in [1.82, 2.24) is 4.98 Å². The fourth-order valence-corrected chi connectivity index (χ4v) is 1.99. The molecule has 0 unspecified atom stereocenters. The van der Waals surface area contributed by atoms with Crippen molar-refractivity contribution in [2.75, 3.05) is 11.9 Å². The number of aromatic nitrogens is 1. The molecule has 0 aliphatic rings. The highest BCUT2D eigenvalue weighted by atomic mass is 16.6. The minimum absolute atomic E-state index is 0.0748. The lowest BCUT2D eigenvalue weighted by atomic mass is 10.1. The predicted octanol–water partition coefficient (Wildman–Crippen LogP) is 2.41. The van der Waals surface area contributed by atoms with Crippen molar-refractivity contribution in [2.24, 2.45) is 5.73 Å². The van der Waals surface area contributed by atoms with Gasteiger partial charge in [-0.2, -0.15) is 0 Å². The van der Waals surface area contributed by atoms with Crippen molar-refractivity contribution < 1.29 is 4.92 Å². The molecular formula is C15H18N4O2. The van der Waals surface area contributed by atoms with E-state index in [0.717, 1.165) is 12.0 Å². The Labute approximate surface area is 123 Å². The number of hydrogen-bond donors (Lipinski definition) is 2. The summed E-state index contributed by atoms with van der Waals surface area (Å²) in [6.45, 7) is 2.87. The Bertz CT molecular complexity index is 626. The molecule has 1 aromatic heterocycles. The third-order valence-corrected chi connectivity index (χ3v) is 3.20. The van der Waals surface area contributed by atoms with Crippen LogP contribution in [0.15, 0.2) is 36.5 Å². The molecule has 0 amide bonds. The van der Waals surface area contributed by atoms with Crippen molar-refractivity contribution in [2.45, 2.75) is 19.9 Å². The van der Waals surface area contributed by atoms with Crippen molar-refractivity contribution in [3.8, 4) is 0 Å². The van der Waals surface area contributed by atoms with Gasteiger partial charge in [0.2, 0.25) is 0 Å². The van der Waals surface area contributed by atoms with Crippen LogP contribution < -0.4 is 11.1 Å². The Morgan fingerprint density at radius 2 is 1.95 bits per heavy atom. The van der Waals surface area contributed by atoms with Gasteiger partial charge >= 0.3 is 0 Å². The van der Waals surface area contributed by atoms with Gasteiger partial charge in [-0.05, 0) is 31.0 Å². The number of nitro groups is 1. The zero-order valence-corrected chi connectivity index (χ0v) is 11.9. The van der Waals surface area contributed by atoms with E-state index in [4.69, 9.17) is 5.73 Å². The van der Waals surface area contributed by atoms with E-state index in [9.17, 15) is 10.1 Å². The number of aryl methyl sites for hydroxylation is 1. The van der Waals surface area contributed by atoms with Gasteiger partial charge < -0.3 is 11.1 Å². The van der Waals surface area contributed by atoms with E-state index in [0.29, 0.717) is 24.5 Å². The molecule has 0 atom stereocenters. The summed E-state index contributed by atoms with van der Waals surface area (Å²) in [5, 5.41) is 14.0. The molecule has 1 aromatic carbocycles. The SMILES string of the molecule is Cc1cnc(NCc2ccc(CCN)cc2)cc1[N+](=O)[O-]. The lowest BCUT2D eigenvalue weighted by Crippen LogP contribution is -2.04. The van der Waals surface area contributed by atoms with Crippen molar-refractivity contribution in [3.05, 3.63) is 63.3 Å². The molecule has 2 rings (SSSR count). The van der Waals surface area contributed by atoms with Crippen LogP contribution in [-0.2, 0) is 13.0 Å². The van der Waals surface area contributed by atoms with Gasteiger partial charge in [0.1, 0.15) is 5.82 Å². The van der Waals surface area contributed by atoms with Crippen molar-refractivity contribution in [3.63, 3.8) is 0 Å². The summed E-state index contributed by atoms with van der Waals surface area (Å²) in [5.41, 5.74) is 8.42. The third-order valence-electron chi connectivity index (χ3n) is 3.20. The number of pyridine rings is 1. The summed E-state index contributed by atoms with van der Waals surface area (Å²) in [7, 11) is 0. The Kier molecular flexibility index (Phi) is 4.84. The maximum Gasteiger partial charge on any atom is 0.277 e. The molecule has 0 aliphatic heterocycles. The Morgan fingerprint density at radius 3 is 2.57 bits per heavy atom. The highest BCUT2D eigenvalue weighted by Crippen LogP contribution is 2.20. The van der Waals surface area contributed by atoms with Crippen molar-refractivity contribution in [1.29, 1.82) is 0 Å². The second-order valence-corrected chi connectivity index (χ2v) is 4.82. The first-order chi connectivity index (χ1) is 10.1. The van der Waals surface area contributed by atoms with E-state index in [1.807, 2.05) is 24.3 Å². The molecule has 0 radical (unpaired) electrons. The average Bonchev–Trinajstić information content (AvgIpc) is 2.48. The molecule has 110 valence electrons. The van der Waals surface area contributed by atoms with Gasteiger partial charge in [0.15, 0.2) is 0 Å². The number of nitrogens with zero attached hydrogens (tertiary/aromatic N) is 2. The Hall–Kier alpha value is -2.47. The van der Waals surface area contributed by atoms with Crippen LogP contribution in [0.25, 0.3) is 0 Å². The summed E-state index contributed by atoms with van der Waals surface area (Å²) >= 11 is 0. The van der Waals surface area contributed by atoms with Gasteiger partial charge in [0.05, 0.1) is 11.0 Å². The topological polar surface area (TPSA) is 94.1 Å². The molecule has 0 spiro atoms. The molecule has 0 bridgehead atoms. The summed E-state index contributed by atoms with van der Waals surface area (Å²) in [5.74, 6) is 0.498. The summed E-state index contributed by atoms with van der Waals surface area (Å²) in [6.07, 6.45) is 2.37.